The van der Waals surface area contributed by atoms with Crippen molar-refractivity contribution in [2.75, 3.05) is 25.9 Å². The van der Waals surface area contributed by atoms with Crippen molar-refractivity contribution in [1.82, 2.24) is 20.0 Å². The van der Waals surface area contributed by atoms with Crippen LogP contribution in [0, 0.1) is 0 Å². The van der Waals surface area contributed by atoms with Crippen molar-refractivity contribution in [2.45, 2.75) is 31.5 Å². The first-order chi connectivity index (χ1) is 9.02. The Hall–Kier alpha value is -1.60. The fraction of sp³-hybridized carbons (Fsp3) is 0.667. The van der Waals surface area contributed by atoms with E-state index in [1.807, 2.05) is 7.05 Å². The van der Waals surface area contributed by atoms with Gasteiger partial charge >= 0.3 is 0 Å². The van der Waals surface area contributed by atoms with Gasteiger partial charge in [-0.25, -0.2) is 0 Å². The smallest absolute Gasteiger partial charge is 0.234 e. The van der Waals surface area contributed by atoms with Crippen molar-refractivity contribution in [3.8, 4) is 0 Å². The zero-order valence-electron chi connectivity index (χ0n) is 11.1. The largest absolute Gasteiger partial charge is 0.396 e. The minimum atomic E-state index is -0.585. The molecule has 1 saturated carbocycles. The average Bonchev–Trinajstić information content (AvgIpc) is 3.00. The standard InChI is InChI=1S/C12H21N5O2/c1-16(8-12(19)15-10-2-3-10)6-11(18)7-17-5-9(13)4-14-17/h4-5,10-11,18H,2-3,6-8,13H2,1H3,(H,15,19). The van der Waals surface area contributed by atoms with Crippen LogP contribution in [-0.2, 0) is 11.3 Å². The molecule has 0 radical (unpaired) electrons. The molecule has 4 N–H and O–H groups in total. The highest BCUT2D eigenvalue weighted by molar-refractivity contribution is 5.78. The van der Waals surface area contributed by atoms with Gasteiger partial charge in [-0.15, -0.1) is 0 Å². The van der Waals surface area contributed by atoms with Crippen LogP contribution in [0.3, 0.4) is 0 Å². The summed E-state index contributed by atoms with van der Waals surface area (Å²) in [4.78, 5) is 13.4. The van der Waals surface area contributed by atoms with Gasteiger partial charge in [-0.1, -0.05) is 0 Å². The predicted octanol–water partition coefficient (Wildman–Crippen LogP) is -0.963. The first-order valence-electron chi connectivity index (χ1n) is 6.47. The molecule has 0 saturated heterocycles. The summed E-state index contributed by atoms with van der Waals surface area (Å²) in [5.74, 6) is 0.0144. The number of anilines is 1. The summed E-state index contributed by atoms with van der Waals surface area (Å²) < 4.78 is 1.60. The number of nitrogens with zero attached hydrogens (tertiary/aromatic N) is 3. The van der Waals surface area contributed by atoms with Crippen molar-refractivity contribution >= 4 is 11.6 Å². The highest BCUT2D eigenvalue weighted by Crippen LogP contribution is 2.18. The van der Waals surface area contributed by atoms with E-state index in [9.17, 15) is 9.90 Å². The van der Waals surface area contributed by atoms with Crippen LogP contribution in [0.2, 0.25) is 0 Å². The monoisotopic (exact) mass is 267 g/mol. The van der Waals surface area contributed by atoms with Gasteiger partial charge in [0.05, 0.1) is 31.1 Å². The molecule has 1 fully saturated rings. The molecule has 1 aliphatic carbocycles. The number of nitrogen functional groups attached to an aromatic ring is 1. The average molecular weight is 267 g/mol. The van der Waals surface area contributed by atoms with Crippen molar-refractivity contribution in [2.24, 2.45) is 0 Å². The first kappa shape index (κ1) is 13.8. The number of likely N-dealkylation sites (N-methyl/N-ethyl adjacent to an activating group) is 1. The number of hydrogen-bond donors (Lipinski definition) is 3. The van der Waals surface area contributed by atoms with Crippen LogP contribution >= 0.6 is 0 Å². The number of hydrogen-bond acceptors (Lipinski definition) is 5. The normalized spacial score (nSPS) is 16.6. The summed E-state index contributed by atoms with van der Waals surface area (Å²) in [5.41, 5.74) is 6.12. The Morgan fingerprint density at radius 2 is 2.47 bits per heavy atom. The number of aliphatic hydroxyl groups excluding tert-OH is 1. The molecule has 7 nitrogen and oxygen atoms in total. The van der Waals surface area contributed by atoms with E-state index in [2.05, 4.69) is 10.4 Å². The molecule has 1 aromatic rings. The highest BCUT2D eigenvalue weighted by Gasteiger charge is 2.23. The number of aromatic nitrogens is 2. The molecule has 0 aromatic carbocycles. The van der Waals surface area contributed by atoms with Crippen molar-refractivity contribution < 1.29 is 9.90 Å². The third-order valence-electron chi connectivity index (χ3n) is 2.93. The minimum absolute atomic E-state index is 0.0144. The summed E-state index contributed by atoms with van der Waals surface area (Å²) in [7, 11) is 1.81. The van der Waals surface area contributed by atoms with E-state index in [1.54, 1.807) is 22.0 Å². The number of nitrogens with one attached hydrogen (secondary N) is 1. The van der Waals surface area contributed by atoms with Crippen LogP contribution in [0.4, 0.5) is 5.69 Å². The van der Waals surface area contributed by atoms with Crippen LogP contribution in [0.1, 0.15) is 12.8 Å². The molecule has 1 atom stereocenters. The number of amides is 1. The predicted molar refractivity (Wildman–Crippen MR) is 71.3 cm³/mol. The molecular formula is C12H21N5O2. The Labute approximate surface area is 112 Å². The highest BCUT2D eigenvalue weighted by atomic mass is 16.3. The first-order valence-corrected chi connectivity index (χ1v) is 6.47. The Morgan fingerprint density at radius 3 is 3.05 bits per heavy atom. The molecule has 7 heteroatoms. The second-order valence-corrected chi connectivity index (χ2v) is 5.19. The fourth-order valence-corrected chi connectivity index (χ4v) is 1.92. The summed E-state index contributed by atoms with van der Waals surface area (Å²) in [5, 5.41) is 16.8. The van der Waals surface area contributed by atoms with E-state index in [1.165, 1.54) is 0 Å². The second kappa shape index (κ2) is 6.03. The van der Waals surface area contributed by atoms with Crippen LogP contribution < -0.4 is 11.1 Å². The van der Waals surface area contributed by atoms with Gasteiger partial charge in [-0.3, -0.25) is 14.4 Å². The van der Waals surface area contributed by atoms with Crippen molar-refractivity contribution in [1.29, 1.82) is 0 Å². The maximum absolute atomic E-state index is 11.6. The second-order valence-electron chi connectivity index (χ2n) is 5.19. The maximum atomic E-state index is 11.6. The molecule has 1 aromatic heterocycles. The lowest BCUT2D eigenvalue weighted by Gasteiger charge is -2.20. The van der Waals surface area contributed by atoms with E-state index in [4.69, 9.17) is 5.73 Å². The molecule has 0 bridgehead atoms. The maximum Gasteiger partial charge on any atom is 0.234 e. The number of aliphatic hydroxyl groups is 1. The number of carbonyl (C=O) groups is 1. The molecule has 2 rings (SSSR count). The van der Waals surface area contributed by atoms with Gasteiger partial charge < -0.3 is 16.2 Å². The molecule has 1 unspecified atom stereocenters. The number of carbonyl (C=O) groups excluding carboxylic acids is 1. The van der Waals surface area contributed by atoms with Gasteiger partial charge in [0.2, 0.25) is 5.91 Å². The number of nitrogens with two attached hydrogens (primary N) is 1. The molecule has 106 valence electrons. The lowest BCUT2D eigenvalue weighted by atomic mass is 10.3. The van der Waals surface area contributed by atoms with E-state index in [0.29, 0.717) is 31.4 Å². The quantitative estimate of drug-likeness (QED) is 0.591. The zero-order valence-corrected chi connectivity index (χ0v) is 11.1. The summed E-state index contributed by atoms with van der Waals surface area (Å²) >= 11 is 0. The molecule has 0 aliphatic heterocycles. The van der Waals surface area contributed by atoms with Gasteiger partial charge in [-0.05, 0) is 19.9 Å². The molecule has 19 heavy (non-hydrogen) atoms. The molecule has 1 heterocycles. The molecule has 1 aliphatic rings. The summed E-state index contributed by atoms with van der Waals surface area (Å²) in [6, 6.07) is 0.373. The van der Waals surface area contributed by atoms with Gasteiger partial charge in [0, 0.05) is 18.8 Å². The summed E-state index contributed by atoms with van der Waals surface area (Å²) in [6.07, 6.45) is 4.79. The van der Waals surface area contributed by atoms with Crippen LogP contribution in [0.5, 0.6) is 0 Å². The van der Waals surface area contributed by atoms with Gasteiger partial charge in [0.25, 0.3) is 0 Å². The molecular weight excluding hydrogens is 246 g/mol. The lowest BCUT2D eigenvalue weighted by Crippen LogP contribution is -2.40. The molecule has 0 spiro atoms. The number of rotatable bonds is 7. The Bertz CT molecular complexity index is 430. The van der Waals surface area contributed by atoms with E-state index >= 15 is 0 Å². The zero-order chi connectivity index (χ0) is 13.8. The SMILES string of the molecule is CN(CC(=O)NC1CC1)CC(O)Cn1cc(N)cn1. The fourth-order valence-electron chi connectivity index (χ4n) is 1.92. The third-order valence-corrected chi connectivity index (χ3v) is 2.93. The van der Waals surface area contributed by atoms with Gasteiger partial charge in [0.15, 0.2) is 0 Å². The Balaban J connectivity index is 1.68. The van der Waals surface area contributed by atoms with Crippen LogP contribution in [0.15, 0.2) is 12.4 Å². The van der Waals surface area contributed by atoms with Gasteiger partial charge in [0.1, 0.15) is 0 Å². The lowest BCUT2D eigenvalue weighted by molar-refractivity contribution is -0.122. The minimum Gasteiger partial charge on any atom is -0.396 e. The summed E-state index contributed by atoms with van der Waals surface area (Å²) in [6.45, 7) is 1.08. The van der Waals surface area contributed by atoms with Gasteiger partial charge in [-0.2, -0.15) is 5.10 Å². The van der Waals surface area contributed by atoms with E-state index in [0.717, 1.165) is 12.8 Å². The third kappa shape index (κ3) is 4.88. The Kier molecular flexibility index (Phi) is 4.39. The molecule has 1 amide bonds. The van der Waals surface area contributed by atoms with Crippen molar-refractivity contribution in [3.63, 3.8) is 0 Å². The van der Waals surface area contributed by atoms with Crippen LogP contribution in [-0.4, -0.2) is 58.0 Å². The topological polar surface area (TPSA) is 96.4 Å². The Morgan fingerprint density at radius 1 is 1.74 bits per heavy atom. The van der Waals surface area contributed by atoms with E-state index < -0.39 is 6.10 Å². The van der Waals surface area contributed by atoms with Crippen molar-refractivity contribution in [3.05, 3.63) is 12.4 Å². The van der Waals surface area contributed by atoms with Crippen LogP contribution in [0.25, 0.3) is 0 Å². The van der Waals surface area contributed by atoms with E-state index in [-0.39, 0.29) is 5.91 Å².